The summed E-state index contributed by atoms with van der Waals surface area (Å²) in [6.45, 7) is 9.13. The van der Waals surface area contributed by atoms with Gasteiger partial charge in [0.25, 0.3) is 0 Å². The number of nitrogens with one attached hydrogen (secondary N) is 1. The van der Waals surface area contributed by atoms with Gasteiger partial charge in [-0.3, -0.25) is 4.79 Å². The van der Waals surface area contributed by atoms with E-state index >= 15 is 0 Å². The highest BCUT2D eigenvalue weighted by atomic mass is 32.1. The van der Waals surface area contributed by atoms with Crippen molar-refractivity contribution < 1.29 is 19.1 Å². The standard InChI is InChI=1S/C28H39N3O4S/c1-4-13-29-28(33)30(17-23-6-5-15-34-23)18-27(32)31-14-11-26-24(12-16-36-26)25(31)19-35-22-9-7-21(8-10-22)20(2)3/h7-10,12,16,20,23,25H,4-6,11,13-15,17-19H2,1-3H3,(H,29,33)/t23-,25-/m0/s1. The molecule has 8 heteroatoms. The maximum Gasteiger partial charge on any atom is 0.317 e. The zero-order valence-electron chi connectivity index (χ0n) is 21.7. The van der Waals surface area contributed by atoms with E-state index < -0.39 is 0 Å². The van der Waals surface area contributed by atoms with Gasteiger partial charge >= 0.3 is 6.03 Å². The third kappa shape index (κ3) is 6.59. The van der Waals surface area contributed by atoms with Crippen LogP contribution in [0.5, 0.6) is 5.75 Å². The van der Waals surface area contributed by atoms with Crippen molar-refractivity contribution in [3.05, 3.63) is 51.7 Å². The van der Waals surface area contributed by atoms with Gasteiger partial charge in [0, 0.05) is 31.1 Å². The molecule has 2 aliphatic rings. The van der Waals surface area contributed by atoms with Crippen LogP contribution >= 0.6 is 11.3 Å². The predicted molar refractivity (Wildman–Crippen MR) is 143 cm³/mol. The first-order valence-electron chi connectivity index (χ1n) is 13.2. The summed E-state index contributed by atoms with van der Waals surface area (Å²) in [7, 11) is 0. The maximum absolute atomic E-state index is 13.6. The van der Waals surface area contributed by atoms with Gasteiger partial charge in [0.15, 0.2) is 0 Å². The third-order valence-corrected chi connectivity index (χ3v) is 7.95. The van der Waals surface area contributed by atoms with E-state index in [1.165, 1.54) is 10.4 Å². The Hall–Kier alpha value is -2.58. The normalized spacial score (nSPS) is 19.3. The number of carbonyl (C=O) groups excluding carboxylic acids is 2. The molecule has 36 heavy (non-hydrogen) atoms. The molecule has 0 saturated carbocycles. The molecule has 0 spiro atoms. The molecule has 1 aromatic heterocycles. The lowest BCUT2D eigenvalue weighted by Gasteiger charge is -2.37. The molecule has 4 rings (SSSR count). The fraction of sp³-hybridized carbons (Fsp3) is 0.571. The summed E-state index contributed by atoms with van der Waals surface area (Å²) in [5.74, 6) is 1.21. The van der Waals surface area contributed by atoms with Gasteiger partial charge in [-0.05, 0) is 66.3 Å². The molecule has 1 aromatic carbocycles. The van der Waals surface area contributed by atoms with Gasteiger partial charge in [0.05, 0.1) is 12.1 Å². The minimum Gasteiger partial charge on any atom is -0.491 e. The number of amides is 3. The van der Waals surface area contributed by atoms with E-state index in [-0.39, 0.29) is 30.6 Å². The predicted octanol–water partition coefficient (Wildman–Crippen LogP) is 4.98. The van der Waals surface area contributed by atoms with Crippen LogP contribution in [0.3, 0.4) is 0 Å². The summed E-state index contributed by atoms with van der Waals surface area (Å²) in [5, 5.41) is 5.02. The minimum absolute atomic E-state index is 0.0112. The lowest BCUT2D eigenvalue weighted by atomic mass is 10.00. The van der Waals surface area contributed by atoms with Gasteiger partial charge in [0.2, 0.25) is 5.91 Å². The van der Waals surface area contributed by atoms with Gasteiger partial charge in [-0.1, -0.05) is 32.9 Å². The zero-order valence-corrected chi connectivity index (χ0v) is 22.5. The van der Waals surface area contributed by atoms with E-state index in [0.29, 0.717) is 38.8 Å². The summed E-state index contributed by atoms with van der Waals surface area (Å²) in [6.07, 6.45) is 3.57. The molecule has 0 radical (unpaired) electrons. The Morgan fingerprint density at radius 3 is 2.75 bits per heavy atom. The second-order valence-corrected chi connectivity index (χ2v) is 10.9. The summed E-state index contributed by atoms with van der Waals surface area (Å²) in [6, 6.07) is 9.91. The van der Waals surface area contributed by atoms with E-state index in [0.717, 1.165) is 37.0 Å². The SMILES string of the molecule is CCCNC(=O)N(CC(=O)N1CCc2sccc2[C@@H]1COc1ccc(C(C)C)cc1)C[C@@H]1CCCO1. The fourth-order valence-corrected chi connectivity index (χ4v) is 5.78. The molecule has 0 aliphatic carbocycles. The van der Waals surface area contributed by atoms with Crippen LogP contribution in [0.25, 0.3) is 0 Å². The van der Waals surface area contributed by atoms with Gasteiger partial charge in [-0.2, -0.15) is 0 Å². The first kappa shape index (κ1) is 26.5. The smallest absolute Gasteiger partial charge is 0.317 e. The summed E-state index contributed by atoms with van der Waals surface area (Å²) >= 11 is 1.73. The average molecular weight is 514 g/mol. The van der Waals surface area contributed by atoms with Crippen LogP contribution in [0.1, 0.15) is 68.0 Å². The summed E-state index contributed by atoms with van der Waals surface area (Å²) in [4.78, 5) is 31.4. The largest absolute Gasteiger partial charge is 0.491 e. The van der Waals surface area contributed by atoms with Gasteiger partial charge in [-0.15, -0.1) is 11.3 Å². The highest BCUT2D eigenvalue weighted by molar-refractivity contribution is 7.10. The number of hydrogen-bond acceptors (Lipinski definition) is 5. The van der Waals surface area contributed by atoms with Gasteiger partial charge < -0.3 is 24.6 Å². The maximum atomic E-state index is 13.6. The van der Waals surface area contributed by atoms with Crippen molar-refractivity contribution in [2.24, 2.45) is 0 Å². The van der Waals surface area contributed by atoms with Crippen molar-refractivity contribution in [2.45, 2.75) is 64.5 Å². The molecule has 7 nitrogen and oxygen atoms in total. The molecule has 1 fully saturated rings. The average Bonchev–Trinajstić information content (AvgIpc) is 3.57. The number of rotatable bonds is 10. The van der Waals surface area contributed by atoms with Crippen molar-refractivity contribution in [1.29, 1.82) is 0 Å². The van der Waals surface area contributed by atoms with Crippen LogP contribution in [0, 0.1) is 0 Å². The second kappa shape index (κ2) is 12.6. The van der Waals surface area contributed by atoms with Crippen molar-refractivity contribution >= 4 is 23.3 Å². The first-order valence-corrected chi connectivity index (χ1v) is 14.1. The molecule has 2 aromatic rings. The lowest BCUT2D eigenvalue weighted by Crippen LogP contribution is -2.51. The first-order chi connectivity index (χ1) is 17.5. The van der Waals surface area contributed by atoms with Crippen LogP contribution in [0.2, 0.25) is 0 Å². The summed E-state index contributed by atoms with van der Waals surface area (Å²) in [5.41, 5.74) is 2.42. The molecule has 2 atom stereocenters. The Labute approximate surface area is 218 Å². The number of fused-ring (bicyclic) bond motifs is 1. The van der Waals surface area contributed by atoms with E-state index in [9.17, 15) is 9.59 Å². The highest BCUT2D eigenvalue weighted by Gasteiger charge is 2.34. The van der Waals surface area contributed by atoms with Crippen LogP contribution in [-0.4, -0.2) is 67.2 Å². The number of ether oxygens (including phenoxy) is 2. The molecule has 0 bridgehead atoms. The quantitative estimate of drug-likeness (QED) is 0.487. The van der Waals surface area contributed by atoms with E-state index in [2.05, 4.69) is 42.7 Å². The summed E-state index contributed by atoms with van der Waals surface area (Å²) < 4.78 is 12.0. The van der Waals surface area contributed by atoms with Crippen LogP contribution < -0.4 is 10.1 Å². The lowest BCUT2D eigenvalue weighted by molar-refractivity contribution is -0.135. The Morgan fingerprint density at radius 1 is 1.25 bits per heavy atom. The molecule has 196 valence electrons. The number of hydrogen-bond donors (Lipinski definition) is 1. The molecule has 0 unspecified atom stereocenters. The number of nitrogens with zero attached hydrogens (tertiary/aromatic N) is 2. The Kier molecular flexibility index (Phi) is 9.26. The third-order valence-electron chi connectivity index (χ3n) is 6.96. The number of thiophene rings is 1. The molecule has 2 aliphatic heterocycles. The highest BCUT2D eigenvalue weighted by Crippen LogP contribution is 2.34. The van der Waals surface area contributed by atoms with E-state index in [4.69, 9.17) is 9.47 Å². The van der Waals surface area contributed by atoms with Crippen LogP contribution in [0.4, 0.5) is 4.79 Å². The molecular formula is C28H39N3O4S. The second-order valence-electron chi connectivity index (χ2n) is 9.93. The molecular weight excluding hydrogens is 474 g/mol. The number of carbonyl (C=O) groups is 2. The van der Waals surface area contributed by atoms with Crippen molar-refractivity contribution in [2.75, 3.05) is 39.4 Å². The van der Waals surface area contributed by atoms with Crippen molar-refractivity contribution in [1.82, 2.24) is 15.1 Å². The zero-order chi connectivity index (χ0) is 25.5. The van der Waals surface area contributed by atoms with Crippen molar-refractivity contribution in [3.63, 3.8) is 0 Å². The fourth-order valence-electron chi connectivity index (χ4n) is 4.85. The van der Waals surface area contributed by atoms with Crippen LogP contribution in [0.15, 0.2) is 35.7 Å². The molecule has 1 N–H and O–H groups in total. The number of urea groups is 1. The molecule has 1 saturated heterocycles. The van der Waals surface area contributed by atoms with Crippen molar-refractivity contribution in [3.8, 4) is 5.75 Å². The Bertz CT molecular complexity index is 1000. The van der Waals surface area contributed by atoms with Crippen LogP contribution in [-0.2, 0) is 16.0 Å². The monoisotopic (exact) mass is 513 g/mol. The minimum atomic E-state index is -0.202. The Balaban J connectivity index is 1.46. The van der Waals surface area contributed by atoms with E-state index in [1.54, 1.807) is 16.2 Å². The van der Waals surface area contributed by atoms with Gasteiger partial charge in [-0.25, -0.2) is 4.79 Å². The topological polar surface area (TPSA) is 71.1 Å². The number of benzene rings is 1. The molecule has 3 amide bonds. The van der Waals surface area contributed by atoms with Gasteiger partial charge in [0.1, 0.15) is 18.9 Å². The Morgan fingerprint density at radius 2 is 2.06 bits per heavy atom. The van der Waals surface area contributed by atoms with E-state index in [1.807, 2.05) is 24.0 Å². The molecule has 3 heterocycles.